The van der Waals surface area contributed by atoms with Gasteiger partial charge in [-0.2, -0.15) is 13.2 Å². The van der Waals surface area contributed by atoms with Gasteiger partial charge in [0.05, 0.1) is 5.56 Å². The fraction of sp³-hybridized carbons (Fsp3) is 0.250. The average Bonchev–Trinajstić information content (AvgIpc) is 2.47. The largest absolute Gasteiger partial charge is 0.573 e. The SMILES string of the molecule is FC(F)(F)Oc1ccc(NCCc2ccc(C(F)(F)F)cc2)cc1. The first-order chi connectivity index (χ1) is 11.1. The second kappa shape index (κ2) is 7.02. The Morgan fingerprint density at radius 1 is 0.792 bits per heavy atom. The van der Waals surface area contributed by atoms with Gasteiger partial charge in [0.1, 0.15) is 5.75 Å². The minimum Gasteiger partial charge on any atom is -0.406 e. The highest BCUT2D eigenvalue weighted by Crippen LogP contribution is 2.29. The number of rotatable bonds is 5. The van der Waals surface area contributed by atoms with Crippen molar-refractivity contribution in [2.75, 3.05) is 11.9 Å². The molecular formula is C16H13F6NO. The molecule has 0 spiro atoms. The van der Waals surface area contributed by atoms with Crippen LogP contribution >= 0.6 is 0 Å². The van der Waals surface area contributed by atoms with Gasteiger partial charge in [-0.1, -0.05) is 12.1 Å². The molecule has 2 aromatic rings. The van der Waals surface area contributed by atoms with E-state index in [-0.39, 0.29) is 5.75 Å². The summed E-state index contributed by atoms with van der Waals surface area (Å²) in [5, 5.41) is 2.97. The Morgan fingerprint density at radius 3 is 1.88 bits per heavy atom. The number of anilines is 1. The van der Waals surface area contributed by atoms with E-state index in [0.717, 1.165) is 12.1 Å². The molecule has 2 rings (SSSR count). The minimum absolute atomic E-state index is 0.323. The van der Waals surface area contributed by atoms with Crippen molar-refractivity contribution in [1.82, 2.24) is 0 Å². The molecule has 0 radical (unpaired) electrons. The second-order valence-corrected chi connectivity index (χ2v) is 4.94. The molecule has 8 heteroatoms. The summed E-state index contributed by atoms with van der Waals surface area (Å²) in [6, 6.07) is 10.0. The van der Waals surface area contributed by atoms with E-state index in [1.54, 1.807) is 0 Å². The summed E-state index contributed by atoms with van der Waals surface area (Å²) >= 11 is 0. The smallest absolute Gasteiger partial charge is 0.406 e. The van der Waals surface area contributed by atoms with E-state index in [1.807, 2.05) is 0 Å². The van der Waals surface area contributed by atoms with Crippen molar-refractivity contribution in [3.8, 4) is 5.75 Å². The van der Waals surface area contributed by atoms with Crippen molar-refractivity contribution >= 4 is 5.69 Å². The molecular weight excluding hydrogens is 336 g/mol. The number of hydrogen-bond donors (Lipinski definition) is 1. The quantitative estimate of drug-likeness (QED) is 0.744. The van der Waals surface area contributed by atoms with Gasteiger partial charge in [-0.25, -0.2) is 0 Å². The van der Waals surface area contributed by atoms with Crippen LogP contribution in [0.25, 0.3) is 0 Å². The number of ether oxygens (including phenoxy) is 1. The highest BCUT2D eigenvalue weighted by Gasteiger charge is 2.31. The highest BCUT2D eigenvalue weighted by molar-refractivity contribution is 5.46. The van der Waals surface area contributed by atoms with Crippen LogP contribution in [0.5, 0.6) is 5.75 Å². The van der Waals surface area contributed by atoms with Gasteiger partial charge in [0, 0.05) is 12.2 Å². The standard InChI is InChI=1S/C16H13F6NO/c17-15(18,19)12-3-1-11(2-4-12)9-10-23-13-5-7-14(8-6-13)24-16(20,21)22/h1-8,23H,9-10H2. The number of nitrogens with one attached hydrogen (secondary N) is 1. The van der Waals surface area contributed by atoms with E-state index in [0.29, 0.717) is 24.2 Å². The molecule has 130 valence electrons. The molecule has 24 heavy (non-hydrogen) atoms. The van der Waals surface area contributed by atoms with Crippen molar-refractivity contribution in [2.45, 2.75) is 19.0 Å². The predicted molar refractivity (Wildman–Crippen MR) is 76.8 cm³/mol. The average molecular weight is 349 g/mol. The minimum atomic E-state index is -4.74. The van der Waals surface area contributed by atoms with Crippen LogP contribution in [0, 0.1) is 0 Å². The van der Waals surface area contributed by atoms with E-state index < -0.39 is 18.1 Å². The van der Waals surface area contributed by atoms with E-state index in [4.69, 9.17) is 0 Å². The van der Waals surface area contributed by atoms with Gasteiger partial charge in [0.25, 0.3) is 0 Å². The predicted octanol–water partition coefficient (Wildman–Crippen LogP) is 5.26. The Labute approximate surface area is 134 Å². The molecule has 0 aliphatic carbocycles. The van der Waals surface area contributed by atoms with E-state index >= 15 is 0 Å². The molecule has 0 heterocycles. The summed E-state index contributed by atoms with van der Waals surface area (Å²) < 4.78 is 77.1. The summed E-state index contributed by atoms with van der Waals surface area (Å²) in [5.41, 5.74) is 0.587. The van der Waals surface area contributed by atoms with Gasteiger partial charge in [-0.3, -0.25) is 0 Å². The Morgan fingerprint density at radius 2 is 1.38 bits per heavy atom. The highest BCUT2D eigenvalue weighted by atomic mass is 19.4. The van der Waals surface area contributed by atoms with Crippen LogP contribution in [0.3, 0.4) is 0 Å². The molecule has 0 atom stereocenters. The number of halogens is 6. The van der Waals surface area contributed by atoms with Crippen molar-refractivity contribution in [3.05, 3.63) is 59.7 Å². The van der Waals surface area contributed by atoms with Crippen LogP contribution in [0.15, 0.2) is 48.5 Å². The molecule has 0 unspecified atom stereocenters. The molecule has 0 aliphatic heterocycles. The summed E-state index contributed by atoms with van der Waals surface area (Å²) in [6.45, 7) is 0.421. The zero-order chi connectivity index (χ0) is 17.8. The molecule has 0 saturated heterocycles. The molecule has 2 nitrogen and oxygen atoms in total. The van der Waals surface area contributed by atoms with Crippen LogP contribution in [0.2, 0.25) is 0 Å². The van der Waals surface area contributed by atoms with Crippen molar-refractivity contribution in [2.24, 2.45) is 0 Å². The third-order valence-corrected chi connectivity index (χ3v) is 3.11. The first kappa shape index (κ1) is 18.0. The van der Waals surface area contributed by atoms with Gasteiger partial charge in [0.15, 0.2) is 0 Å². The van der Waals surface area contributed by atoms with Crippen molar-refractivity contribution in [1.29, 1.82) is 0 Å². The zero-order valence-electron chi connectivity index (χ0n) is 12.2. The lowest BCUT2D eigenvalue weighted by Gasteiger charge is -2.11. The lowest BCUT2D eigenvalue weighted by molar-refractivity contribution is -0.274. The van der Waals surface area contributed by atoms with Gasteiger partial charge in [-0.15, -0.1) is 13.2 Å². The fourth-order valence-electron chi connectivity index (χ4n) is 1.99. The molecule has 1 N–H and O–H groups in total. The van der Waals surface area contributed by atoms with Crippen LogP contribution in [-0.4, -0.2) is 12.9 Å². The lowest BCUT2D eigenvalue weighted by atomic mass is 10.1. The van der Waals surface area contributed by atoms with Crippen LogP contribution in [-0.2, 0) is 12.6 Å². The van der Waals surface area contributed by atoms with E-state index in [1.165, 1.54) is 36.4 Å². The molecule has 0 aromatic heterocycles. The molecule has 0 saturated carbocycles. The second-order valence-electron chi connectivity index (χ2n) is 4.94. The Balaban J connectivity index is 1.84. The van der Waals surface area contributed by atoms with Gasteiger partial charge < -0.3 is 10.1 Å². The summed E-state index contributed by atoms with van der Waals surface area (Å²) in [7, 11) is 0. The van der Waals surface area contributed by atoms with Crippen LogP contribution in [0.1, 0.15) is 11.1 Å². The monoisotopic (exact) mass is 349 g/mol. The number of alkyl halides is 6. The van der Waals surface area contributed by atoms with E-state index in [9.17, 15) is 26.3 Å². The third kappa shape index (κ3) is 5.68. The molecule has 0 amide bonds. The number of hydrogen-bond acceptors (Lipinski definition) is 2. The Bertz CT molecular complexity index is 646. The van der Waals surface area contributed by atoms with Crippen molar-refractivity contribution < 1.29 is 31.1 Å². The summed E-state index contributed by atoms with van der Waals surface area (Å²) in [6.07, 6.45) is -8.63. The van der Waals surface area contributed by atoms with Gasteiger partial charge in [0.2, 0.25) is 0 Å². The first-order valence-corrected chi connectivity index (χ1v) is 6.89. The number of benzene rings is 2. The fourth-order valence-corrected chi connectivity index (χ4v) is 1.99. The third-order valence-electron chi connectivity index (χ3n) is 3.11. The molecule has 0 aliphatic rings. The zero-order valence-corrected chi connectivity index (χ0v) is 12.2. The molecule has 0 fully saturated rings. The van der Waals surface area contributed by atoms with Crippen molar-refractivity contribution in [3.63, 3.8) is 0 Å². The topological polar surface area (TPSA) is 21.3 Å². The maximum Gasteiger partial charge on any atom is 0.573 e. The summed E-state index contributed by atoms with van der Waals surface area (Å²) in [5.74, 6) is -0.323. The van der Waals surface area contributed by atoms with E-state index in [2.05, 4.69) is 10.1 Å². The maximum atomic E-state index is 12.4. The Hall–Kier alpha value is -2.38. The van der Waals surface area contributed by atoms with Crippen LogP contribution < -0.4 is 10.1 Å². The molecule has 2 aromatic carbocycles. The maximum absolute atomic E-state index is 12.4. The summed E-state index contributed by atoms with van der Waals surface area (Å²) in [4.78, 5) is 0. The molecule has 0 bridgehead atoms. The normalized spacial score (nSPS) is 12.1. The first-order valence-electron chi connectivity index (χ1n) is 6.89. The van der Waals surface area contributed by atoms with Gasteiger partial charge >= 0.3 is 12.5 Å². The lowest BCUT2D eigenvalue weighted by Crippen LogP contribution is -2.17. The van der Waals surface area contributed by atoms with Gasteiger partial charge in [-0.05, 0) is 48.4 Å². The Kier molecular flexibility index (Phi) is 5.26. The van der Waals surface area contributed by atoms with Crippen LogP contribution in [0.4, 0.5) is 32.0 Å².